The number of fused-ring (bicyclic) bond motifs is 1. The summed E-state index contributed by atoms with van der Waals surface area (Å²) < 4.78 is 29.9. The molecule has 0 bridgehead atoms. The summed E-state index contributed by atoms with van der Waals surface area (Å²) in [6.07, 6.45) is 2.30. The predicted molar refractivity (Wildman–Crippen MR) is 131 cm³/mol. The summed E-state index contributed by atoms with van der Waals surface area (Å²) in [6.45, 7) is 12.3. The molecule has 34 heavy (non-hydrogen) atoms. The lowest BCUT2D eigenvalue weighted by Crippen LogP contribution is -2.49. The van der Waals surface area contributed by atoms with Gasteiger partial charge < -0.3 is 10.2 Å². The number of benzene rings is 1. The van der Waals surface area contributed by atoms with Crippen molar-refractivity contribution in [1.29, 1.82) is 0 Å². The van der Waals surface area contributed by atoms with E-state index in [2.05, 4.69) is 39.3 Å². The molecule has 1 N–H and O–H groups in total. The summed E-state index contributed by atoms with van der Waals surface area (Å²) in [5, 5.41) is 11.3. The van der Waals surface area contributed by atoms with E-state index in [9.17, 15) is 13.2 Å². The van der Waals surface area contributed by atoms with Crippen molar-refractivity contribution in [2.24, 2.45) is 5.92 Å². The van der Waals surface area contributed by atoms with E-state index >= 15 is 0 Å². The Bertz CT molecular complexity index is 1080. The van der Waals surface area contributed by atoms with Gasteiger partial charge in [-0.1, -0.05) is 19.1 Å². The highest BCUT2D eigenvalue weighted by Gasteiger charge is 2.33. The van der Waals surface area contributed by atoms with Crippen molar-refractivity contribution in [3.8, 4) is 0 Å². The Labute approximate surface area is 202 Å². The second-order valence-corrected chi connectivity index (χ2v) is 11.2. The average molecular weight is 492 g/mol. The van der Waals surface area contributed by atoms with Crippen LogP contribution in [0.2, 0.25) is 0 Å². The predicted octanol–water partition coefficient (Wildman–Crippen LogP) is 0.996. The van der Waals surface area contributed by atoms with E-state index in [1.165, 1.54) is 4.31 Å². The summed E-state index contributed by atoms with van der Waals surface area (Å²) in [4.78, 5) is 17.8. The number of carbonyl (C=O) groups excluding carboxylic acids is 1. The molecule has 0 aliphatic carbocycles. The fourth-order valence-corrected chi connectivity index (χ4v) is 6.37. The molecule has 2 fully saturated rings. The first-order valence-electron chi connectivity index (χ1n) is 12.5. The maximum atomic E-state index is 13.3. The van der Waals surface area contributed by atoms with E-state index in [1.807, 2.05) is 0 Å². The molecule has 0 saturated carbocycles. The van der Waals surface area contributed by atoms with Gasteiger partial charge in [-0.3, -0.25) is 9.69 Å². The van der Waals surface area contributed by atoms with Crippen molar-refractivity contribution in [1.82, 2.24) is 34.4 Å². The van der Waals surface area contributed by atoms with E-state index in [0.29, 0.717) is 31.4 Å². The molecule has 0 spiro atoms. The molecule has 2 aliphatic rings. The van der Waals surface area contributed by atoms with Crippen LogP contribution in [0.1, 0.15) is 33.1 Å². The standard InChI is InChI=1S/C23H37N7O3S/c1-3-10-30-22-8-7-20(17-21(22)25-26-30)34(32,33)29-11-5-6-19(18-29)23(31)24-9-12-28-15-13-27(4-2)14-16-28/h7-8,17,19H,3-6,9-16,18H2,1-2H3,(H,24,31)/t19-/m0/s1. The number of piperidine rings is 1. The molecule has 2 aromatic rings. The second-order valence-electron chi connectivity index (χ2n) is 9.23. The first-order valence-corrected chi connectivity index (χ1v) is 13.9. The molecule has 1 atom stereocenters. The van der Waals surface area contributed by atoms with Crippen molar-refractivity contribution in [3.05, 3.63) is 18.2 Å². The largest absolute Gasteiger partial charge is 0.355 e. The maximum absolute atomic E-state index is 13.3. The lowest BCUT2D eigenvalue weighted by atomic mass is 9.99. The van der Waals surface area contributed by atoms with E-state index in [1.54, 1.807) is 22.9 Å². The molecule has 3 heterocycles. The summed E-state index contributed by atoms with van der Waals surface area (Å²) in [6, 6.07) is 4.98. The van der Waals surface area contributed by atoms with Gasteiger partial charge in [-0.05, 0) is 44.0 Å². The molecule has 0 radical (unpaired) electrons. The highest BCUT2D eigenvalue weighted by atomic mass is 32.2. The van der Waals surface area contributed by atoms with Gasteiger partial charge in [0, 0.05) is 58.9 Å². The van der Waals surface area contributed by atoms with E-state index in [-0.39, 0.29) is 23.3 Å². The Morgan fingerprint density at radius 3 is 2.59 bits per heavy atom. The Morgan fingerprint density at radius 2 is 1.85 bits per heavy atom. The quantitative estimate of drug-likeness (QED) is 0.558. The van der Waals surface area contributed by atoms with Gasteiger partial charge in [-0.15, -0.1) is 5.10 Å². The number of nitrogens with one attached hydrogen (secondary N) is 1. The summed E-state index contributed by atoms with van der Waals surface area (Å²) in [5.74, 6) is -0.375. The van der Waals surface area contributed by atoms with E-state index in [4.69, 9.17) is 0 Å². The number of aromatic nitrogens is 3. The Hall–Kier alpha value is -2.08. The summed E-state index contributed by atoms with van der Waals surface area (Å²) in [5.41, 5.74) is 1.40. The molecule has 1 amide bonds. The zero-order chi connectivity index (χ0) is 24.1. The normalized spacial score (nSPS) is 21.2. The molecular formula is C23H37N7O3S. The smallest absolute Gasteiger partial charge is 0.243 e. The molecule has 10 nitrogen and oxygen atoms in total. The lowest BCUT2D eigenvalue weighted by Gasteiger charge is -2.34. The molecular weight excluding hydrogens is 454 g/mol. The van der Waals surface area contributed by atoms with Crippen LogP contribution in [0.3, 0.4) is 0 Å². The minimum absolute atomic E-state index is 0.0509. The van der Waals surface area contributed by atoms with Gasteiger partial charge in [-0.2, -0.15) is 4.31 Å². The molecule has 2 saturated heterocycles. The number of hydrogen-bond donors (Lipinski definition) is 1. The number of piperazine rings is 1. The fraction of sp³-hybridized carbons (Fsp3) is 0.696. The number of carbonyl (C=O) groups is 1. The highest BCUT2D eigenvalue weighted by Crippen LogP contribution is 2.26. The van der Waals surface area contributed by atoms with Crippen LogP contribution in [0.25, 0.3) is 11.0 Å². The van der Waals surface area contributed by atoms with Crippen molar-refractivity contribution in [3.63, 3.8) is 0 Å². The maximum Gasteiger partial charge on any atom is 0.243 e. The van der Waals surface area contributed by atoms with Crippen LogP contribution in [0, 0.1) is 5.92 Å². The Morgan fingerprint density at radius 1 is 1.09 bits per heavy atom. The molecule has 2 aliphatic heterocycles. The van der Waals surface area contributed by atoms with Crippen LogP contribution >= 0.6 is 0 Å². The second kappa shape index (κ2) is 11.1. The molecule has 188 valence electrons. The Kier molecular flexibility index (Phi) is 8.18. The minimum atomic E-state index is -3.70. The van der Waals surface area contributed by atoms with Gasteiger partial charge >= 0.3 is 0 Å². The van der Waals surface area contributed by atoms with Crippen molar-refractivity contribution >= 4 is 27.0 Å². The van der Waals surface area contributed by atoms with Gasteiger partial charge in [-0.25, -0.2) is 13.1 Å². The van der Waals surface area contributed by atoms with Gasteiger partial charge in [0.1, 0.15) is 5.52 Å². The molecule has 1 aromatic carbocycles. The number of aryl methyl sites for hydroxylation is 1. The van der Waals surface area contributed by atoms with E-state index < -0.39 is 10.0 Å². The van der Waals surface area contributed by atoms with Crippen LogP contribution in [0.5, 0.6) is 0 Å². The van der Waals surface area contributed by atoms with Crippen LogP contribution < -0.4 is 5.32 Å². The fourth-order valence-electron chi connectivity index (χ4n) is 4.82. The van der Waals surface area contributed by atoms with Crippen LogP contribution in [-0.4, -0.2) is 102 Å². The lowest BCUT2D eigenvalue weighted by molar-refractivity contribution is -0.126. The highest BCUT2D eigenvalue weighted by molar-refractivity contribution is 7.89. The van der Waals surface area contributed by atoms with Gasteiger partial charge in [0.2, 0.25) is 15.9 Å². The number of hydrogen-bond acceptors (Lipinski definition) is 7. The topological polar surface area (TPSA) is 104 Å². The third-order valence-corrected chi connectivity index (χ3v) is 8.81. The number of rotatable bonds is 9. The third-order valence-electron chi connectivity index (χ3n) is 6.95. The number of amides is 1. The summed E-state index contributed by atoms with van der Waals surface area (Å²) in [7, 11) is -3.70. The van der Waals surface area contributed by atoms with Gasteiger partial charge in [0.05, 0.1) is 16.3 Å². The monoisotopic (exact) mass is 491 g/mol. The van der Waals surface area contributed by atoms with Crippen LogP contribution in [0.15, 0.2) is 23.1 Å². The third kappa shape index (κ3) is 5.59. The minimum Gasteiger partial charge on any atom is -0.355 e. The zero-order valence-corrected chi connectivity index (χ0v) is 21.1. The first kappa shape index (κ1) is 25.0. The van der Waals surface area contributed by atoms with Crippen LogP contribution in [-0.2, 0) is 21.4 Å². The average Bonchev–Trinajstić information content (AvgIpc) is 3.27. The first-order chi connectivity index (χ1) is 16.4. The summed E-state index contributed by atoms with van der Waals surface area (Å²) >= 11 is 0. The van der Waals surface area contributed by atoms with Crippen molar-refractivity contribution in [2.75, 3.05) is 58.9 Å². The van der Waals surface area contributed by atoms with E-state index in [0.717, 1.165) is 57.8 Å². The zero-order valence-electron chi connectivity index (χ0n) is 20.3. The molecule has 1 aromatic heterocycles. The van der Waals surface area contributed by atoms with Gasteiger partial charge in [0.15, 0.2) is 0 Å². The Balaban J connectivity index is 1.33. The number of sulfonamides is 1. The van der Waals surface area contributed by atoms with Crippen LogP contribution in [0.4, 0.5) is 0 Å². The van der Waals surface area contributed by atoms with Gasteiger partial charge in [0.25, 0.3) is 0 Å². The molecule has 0 unspecified atom stereocenters. The molecule has 11 heteroatoms. The number of nitrogens with zero attached hydrogens (tertiary/aromatic N) is 6. The van der Waals surface area contributed by atoms with Crippen molar-refractivity contribution < 1.29 is 13.2 Å². The SMILES string of the molecule is CCCn1nnc2cc(S(=O)(=O)N3CCC[C@H](C(=O)NCCN4CCN(CC)CC4)C3)ccc21. The number of likely N-dealkylation sites (N-methyl/N-ethyl adjacent to an activating group) is 1. The van der Waals surface area contributed by atoms with Crippen molar-refractivity contribution in [2.45, 2.75) is 44.6 Å². The molecule has 4 rings (SSSR count).